The van der Waals surface area contributed by atoms with E-state index in [0.29, 0.717) is 17.9 Å². The number of thiazole rings is 1. The number of carbonyl (C=O) groups excluding carboxylic acids is 2. The molecular formula is C19H23N3O2S. The van der Waals surface area contributed by atoms with Crippen LogP contribution in [0.25, 0.3) is 0 Å². The number of primary amides is 1. The van der Waals surface area contributed by atoms with Crippen molar-refractivity contribution in [2.75, 3.05) is 13.1 Å². The predicted octanol–water partition coefficient (Wildman–Crippen LogP) is 2.57. The van der Waals surface area contributed by atoms with Gasteiger partial charge in [0.05, 0.1) is 11.2 Å². The Kier molecular flexibility index (Phi) is 5.48. The van der Waals surface area contributed by atoms with E-state index < -0.39 is 5.91 Å². The fourth-order valence-corrected chi connectivity index (χ4v) is 4.14. The van der Waals surface area contributed by atoms with Crippen molar-refractivity contribution in [3.8, 4) is 0 Å². The molecule has 2 N–H and O–H groups in total. The van der Waals surface area contributed by atoms with Gasteiger partial charge in [0.15, 0.2) is 0 Å². The van der Waals surface area contributed by atoms with E-state index in [1.807, 2.05) is 35.5 Å². The van der Waals surface area contributed by atoms with Gasteiger partial charge >= 0.3 is 0 Å². The lowest BCUT2D eigenvalue weighted by atomic mass is 9.97. The number of likely N-dealkylation sites (tertiary alicyclic amines) is 1. The molecule has 0 aliphatic carbocycles. The van der Waals surface area contributed by atoms with Crippen LogP contribution < -0.4 is 5.73 Å². The van der Waals surface area contributed by atoms with Gasteiger partial charge in [0.2, 0.25) is 11.8 Å². The van der Waals surface area contributed by atoms with Crippen LogP contribution in [0.5, 0.6) is 0 Å². The second-order valence-electron chi connectivity index (χ2n) is 6.62. The highest BCUT2D eigenvalue weighted by Gasteiger charge is 2.26. The number of hydrogen-bond donors (Lipinski definition) is 1. The highest BCUT2D eigenvalue weighted by atomic mass is 32.1. The molecule has 0 radical (unpaired) electrons. The number of benzene rings is 1. The minimum Gasteiger partial charge on any atom is -0.366 e. The summed E-state index contributed by atoms with van der Waals surface area (Å²) in [5.74, 6) is 0.266. The zero-order valence-corrected chi connectivity index (χ0v) is 15.2. The minimum absolute atomic E-state index is 0.223. The Morgan fingerprint density at radius 2 is 2.24 bits per heavy atom. The zero-order chi connectivity index (χ0) is 17.8. The van der Waals surface area contributed by atoms with Crippen molar-refractivity contribution in [2.45, 2.75) is 32.6 Å². The zero-order valence-electron chi connectivity index (χ0n) is 14.4. The fraction of sp³-hybridized carbons (Fsp3) is 0.421. The first-order chi connectivity index (χ1) is 12.0. The summed E-state index contributed by atoms with van der Waals surface area (Å²) in [6.07, 6.45) is 3.20. The maximum atomic E-state index is 12.4. The second kappa shape index (κ2) is 7.78. The lowest BCUT2D eigenvalue weighted by Gasteiger charge is -2.16. The third kappa shape index (κ3) is 4.45. The number of carbonyl (C=O) groups is 2. The summed E-state index contributed by atoms with van der Waals surface area (Å²) >= 11 is 1.62. The van der Waals surface area contributed by atoms with Gasteiger partial charge in [-0.25, -0.2) is 4.98 Å². The predicted molar refractivity (Wildman–Crippen MR) is 98.5 cm³/mol. The molecule has 3 rings (SSSR count). The van der Waals surface area contributed by atoms with E-state index >= 15 is 0 Å². The van der Waals surface area contributed by atoms with Crippen molar-refractivity contribution in [2.24, 2.45) is 11.7 Å². The van der Waals surface area contributed by atoms with Crippen LogP contribution in [-0.2, 0) is 17.6 Å². The maximum absolute atomic E-state index is 12.4. The quantitative estimate of drug-likeness (QED) is 0.863. The molecule has 25 heavy (non-hydrogen) atoms. The fourth-order valence-electron chi connectivity index (χ4n) is 3.36. The monoisotopic (exact) mass is 357 g/mol. The Bertz CT molecular complexity index is 772. The van der Waals surface area contributed by atoms with E-state index in [0.717, 1.165) is 43.6 Å². The standard InChI is InChI=1S/C19H23N3O2S/c1-13-17(25-12-21-13)5-6-18(23)22-8-7-15(11-22)9-14-3-2-4-16(10-14)19(20)24/h2-4,10,12,15H,5-9,11H2,1H3,(H2,20,24)/t15-/m0/s1. The van der Waals surface area contributed by atoms with Crippen molar-refractivity contribution in [1.29, 1.82) is 0 Å². The highest BCUT2D eigenvalue weighted by Crippen LogP contribution is 2.23. The van der Waals surface area contributed by atoms with E-state index in [-0.39, 0.29) is 5.91 Å². The van der Waals surface area contributed by atoms with Gasteiger partial charge in [0.25, 0.3) is 0 Å². The van der Waals surface area contributed by atoms with Crippen molar-refractivity contribution in [1.82, 2.24) is 9.88 Å². The van der Waals surface area contributed by atoms with Gasteiger partial charge in [-0.1, -0.05) is 12.1 Å². The summed E-state index contributed by atoms with van der Waals surface area (Å²) < 4.78 is 0. The average Bonchev–Trinajstić information content (AvgIpc) is 3.22. The lowest BCUT2D eigenvalue weighted by molar-refractivity contribution is -0.130. The SMILES string of the molecule is Cc1ncsc1CCC(=O)N1CC[C@@H](Cc2cccc(C(N)=O)c2)C1. The molecule has 2 aromatic rings. The van der Waals surface area contributed by atoms with Crippen LogP contribution in [0.1, 0.15) is 39.3 Å². The molecule has 1 aromatic carbocycles. The molecule has 1 atom stereocenters. The third-order valence-corrected chi connectivity index (χ3v) is 5.78. The summed E-state index contributed by atoms with van der Waals surface area (Å²) in [5, 5.41) is 0. The summed E-state index contributed by atoms with van der Waals surface area (Å²) in [7, 11) is 0. The van der Waals surface area contributed by atoms with Crippen LogP contribution in [0.4, 0.5) is 0 Å². The molecule has 2 amide bonds. The van der Waals surface area contributed by atoms with Crippen LogP contribution >= 0.6 is 11.3 Å². The molecule has 1 saturated heterocycles. The first-order valence-corrected chi connectivity index (χ1v) is 9.46. The molecule has 2 heterocycles. The molecule has 0 unspecified atom stereocenters. The number of nitrogens with zero attached hydrogens (tertiary/aromatic N) is 2. The molecule has 1 aliphatic heterocycles. The molecule has 1 aliphatic rings. The molecule has 1 fully saturated rings. The van der Waals surface area contributed by atoms with E-state index in [2.05, 4.69) is 4.98 Å². The molecule has 6 heteroatoms. The topological polar surface area (TPSA) is 76.3 Å². The summed E-state index contributed by atoms with van der Waals surface area (Å²) in [6.45, 7) is 3.60. The minimum atomic E-state index is -0.400. The Labute approximate surface area is 151 Å². The summed E-state index contributed by atoms with van der Waals surface area (Å²) in [5.41, 5.74) is 9.86. The lowest BCUT2D eigenvalue weighted by Crippen LogP contribution is -2.29. The van der Waals surface area contributed by atoms with Crippen molar-refractivity contribution >= 4 is 23.2 Å². The van der Waals surface area contributed by atoms with Crippen molar-refractivity contribution < 1.29 is 9.59 Å². The molecule has 5 nitrogen and oxygen atoms in total. The molecule has 1 aromatic heterocycles. The van der Waals surface area contributed by atoms with Crippen molar-refractivity contribution in [3.05, 3.63) is 51.5 Å². The first kappa shape index (κ1) is 17.6. The van der Waals surface area contributed by atoms with Gasteiger partial charge in [-0.05, 0) is 49.8 Å². The number of amides is 2. The molecule has 0 bridgehead atoms. The van der Waals surface area contributed by atoms with Gasteiger partial charge in [0.1, 0.15) is 0 Å². The van der Waals surface area contributed by atoms with Crippen LogP contribution in [0.3, 0.4) is 0 Å². The highest BCUT2D eigenvalue weighted by molar-refractivity contribution is 7.09. The van der Waals surface area contributed by atoms with Gasteiger partial charge in [-0.2, -0.15) is 0 Å². The van der Waals surface area contributed by atoms with E-state index in [9.17, 15) is 9.59 Å². The van der Waals surface area contributed by atoms with Crippen LogP contribution in [0.2, 0.25) is 0 Å². The summed E-state index contributed by atoms with van der Waals surface area (Å²) in [4.78, 5) is 31.1. The van der Waals surface area contributed by atoms with E-state index in [1.54, 1.807) is 17.4 Å². The van der Waals surface area contributed by atoms with Gasteiger partial charge in [-0.15, -0.1) is 11.3 Å². The van der Waals surface area contributed by atoms with Gasteiger partial charge in [0, 0.05) is 30.0 Å². The number of rotatable bonds is 6. The third-order valence-electron chi connectivity index (χ3n) is 4.79. The first-order valence-electron chi connectivity index (χ1n) is 8.58. The molecule has 0 spiro atoms. The number of aromatic nitrogens is 1. The average molecular weight is 357 g/mol. The van der Waals surface area contributed by atoms with Gasteiger partial charge in [-0.3, -0.25) is 9.59 Å². The second-order valence-corrected chi connectivity index (χ2v) is 7.56. The van der Waals surface area contributed by atoms with E-state index in [4.69, 9.17) is 5.73 Å². The number of aryl methyl sites for hydroxylation is 2. The number of nitrogens with two attached hydrogens (primary N) is 1. The summed E-state index contributed by atoms with van der Waals surface area (Å²) in [6, 6.07) is 7.48. The molecule has 0 saturated carbocycles. The molecular weight excluding hydrogens is 334 g/mol. The van der Waals surface area contributed by atoms with Crippen LogP contribution in [0.15, 0.2) is 29.8 Å². The van der Waals surface area contributed by atoms with E-state index in [1.165, 1.54) is 4.88 Å². The number of hydrogen-bond acceptors (Lipinski definition) is 4. The van der Waals surface area contributed by atoms with Crippen LogP contribution in [0, 0.1) is 12.8 Å². The Hall–Kier alpha value is -2.21. The maximum Gasteiger partial charge on any atom is 0.248 e. The normalized spacial score (nSPS) is 17.0. The van der Waals surface area contributed by atoms with Crippen molar-refractivity contribution in [3.63, 3.8) is 0 Å². The largest absolute Gasteiger partial charge is 0.366 e. The Balaban J connectivity index is 1.51. The van der Waals surface area contributed by atoms with Gasteiger partial charge < -0.3 is 10.6 Å². The van der Waals surface area contributed by atoms with Crippen LogP contribution in [-0.4, -0.2) is 34.8 Å². The molecule has 132 valence electrons. The smallest absolute Gasteiger partial charge is 0.248 e. The Morgan fingerprint density at radius 1 is 1.40 bits per heavy atom. The Morgan fingerprint density at radius 3 is 2.96 bits per heavy atom.